The summed E-state index contributed by atoms with van der Waals surface area (Å²) in [7, 11) is -3.21. The maximum Gasteiger partial charge on any atom is 0.175 e. The van der Waals surface area contributed by atoms with Gasteiger partial charge in [-0.3, -0.25) is 4.79 Å². The first-order chi connectivity index (χ1) is 7.38. The average molecular weight is 237 g/mol. The lowest BCUT2D eigenvalue weighted by atomic mass is 10.2. The second kappa shape index (κ2) is 3.45. The maximum atomic E-state index is 11.3. The van der Waals surface area contributed by atoms with Crippen LogP contribution in [0.15, 0.2) is 29.2 Å². The Morgan fingerprint density at radius 2 is 1.94 bits per heavy atom. The number of carbonyl (C=O) groups excluding carboxylic acids is 1. The van der Waals surface area contributed by atoms with E-state index in [2.05, 4.69) is 4.98 Å². The lowest BCUT2D eigenvalue weighted by Gasteiger charge is -1.97. The predicted octanol–water partition coefficient (Wildman–Crippen LogP) is 1.77. The molecule has 0 bridgehead atoms. The van der Waals surface area contributed by atoms with Gasteiger partial charge in [-0.15, -0.1) is 0 Å². The normalized spacial score (nSPS) is 11.9. The van der Waals surface area contributed by atoms with Crippen molar-refractivity contribution >= 4 is 26.5 Å². The fraction of sp³-hybridized carbons (Fsp3) is 0.182. The van der Waals surface area contributed by atoms with E-state index in [1.807, 2.05) is 0 Å². The van der Waals surface area contributed by atoms with E-state index in [1.54, 1.807) is 12.1 Å². The van der Waals surface area contributed by atoms with E-state index in [0.29, 0.717) is 11.2 Å². The van der Waals surface area contributed by atoms with Crippen LogP contribution in [0.5, 0.6) is 0 Å². The Hall–Kier alpha value is -1.62. The van der Waals surface area contributed by atoms with Gasteiger partial charge in [0.1, 0.15) is 0 Å². The summed E-state index contributed by atoms with van der Waals surface area (Å²) in [4.78, 5) is 14.3. The van der Waals surface area contributed by atoms with E-state index in [4.69, 9.17) is 0 Å². The predicted molar refractivity (Wildman–Crippen MR) is 61.4 cm³/mol. The third-order valence-electron chi connectivity index (χ3n) is 2.40. The van der Waals surface area contributed by atoms with Crippen LogP contribution in [0.2, 0.25) is 0 Å². The zero-order valence-corrected chi connectivity index (χ0v) is 9.76. The molecule has 0 saturated heterocycles. The van der Waals surface area contributed by atoms with Gasteiger partial charge in [-0.2, -0.15) is 0 Å². The minimum atomic E-state index is -3.21. The average Bonchev–Trinajstić information content (AvgIpc) is 2.58. The van der Waals surface area contributed by atoms with Crippen LogP contribution in [0.1, 0.15) is 17.4 Å². The number of H-pyrrole nitrogens is 1. The molecule has 1 aromatic carbocycles. The van der Waals surface area contributed by atoms with E-state index >= 15 is 0 Å². The smallest absolute Gasteiger partial charge is 0.175 e. The van der Waals surface area contributed by atoms with Crippen LogP contribution in [-0.4, -0.2) is 25.4 Å². The van der Waals surface area contributed by atoms with Gasteiger partial charge < -0.3 is 4.98 Å². The molecule has 0 fully saturated rings. The number of aromatic amines is 1. The summed E-state index contributed by atoms with van der Waals surface area (Å²) >= 11 is 0. The van der Waals surface area contributed by atoms with Gasteiger partial charge in [0.25, 0.3) is 0 Å². The zero-order chi connectivity index (χ0) is 11.9. The second-order valence-corrected chi connectivity index (χ2v) is 5.78. The molecule has 0 aliphatic heterocycles. The molecule has 1 aromatic heterocycles. The first kappa shape index (κ1) is 10.9. The number of rotatable bonds is 2. The number of fused-ring (bicyclic) bond motifs is 1. The molecule has 0 spiro atoms. The van der Waals surface area contributed by atoms with Gasteiger partial charge in [-0.1, -0.05) is 6.07 Å². The minimum Gasteiger partial charge on any atom is -0.352 e. The van der Waals surface area contributed by atoms with Crippen molar-refractivity contribution in [3.63, 3.8) is 0 Å². The number of Topliss-reactive ketones (excluding diaryl/α,β-unsaturated/α-hetero) is 1. The highest BCUT2D eigenvalue weighted by Gasteiger charge is 2.10. The maximum absolute atomic E-state index is 11.3. The van der Waals surface area contributed by atoms with Gasteiger partial charge in [0, 0.05) is 24.1 Å². The SMILES string of the molecule is CC(=O)c1cc2ccc(S(C)(=O)=O)cc2[nH]1. The molecule has 84 valence electrons. The molecular weight excluding hydrogens is 226 g/mol. The molecule has 0 aliphatic carbocycles. The minimum absolute atomic E-state index is 0.0721. The Morgan fingerprint density at radius 1 is 1.25 bits per heavy atom. The van der Waals surface area contributed by atoms with Crippen LogP contribution in [0.25, 0.3) is 10.9 Å². The first-order valence-electron chi connectivity index (χ1n) is 4.72. The number of benzene rings is 1. The number of hydrogen-bond donors (Lipinski definition) is 1. The van der Waals surface area contributed by atoms with Crippen molar-refractivity contribution in [2.45, 2.75) is 11.8 Å². The fourth-order valence-corrected chi connectivity index (χ4v) is 2.17. The summed E-state index contributed by atoms with van der Waals surface area (Å²) in [5, 5.41) is 0.831. The molecule has 0 saturated carbocycles. The van der Waals surface area contributed by atoms with Gasteiger partial charge in [-0.05, 0) is 18.2 Å². The van der Waals surface area contributed by atoms with Crippen molar-refractivity contribution in [1.82, 2.24) is 4.98 Å². The Kier molecular flexibility index (Phi) is 2.35. The molecule has 1 N–H and O–H groups in total. The van der Waals surface area contributed by atoms with Crippen LogP contribution in [-0.2, 0) is 9.84 Å². The number of sulfone groups is 1. The Balaban J connectivity index is 2.67. The van der Waals surface area contributed by atoms with E-state index in [0.717, 1.165) is 11.6 Å². The van der Waals surface area contributed by atoms with Gasteiger partial charge in [0.05, 0.1) is 10.6 Å². The van der Waals surface area contributed by atoms with Crippen LogP contribution in [0, 0.1) is 0 Å². The summed E-state index contributed by atoms with van der Waals surface area (Å²) < 4.78 is 22.7. The van der Waals surface area contributed by atoms with Crippen molar-refractivity contribution < 1.29 is 13.2 Å². The van der Waals surface area contributed by atoms with Crippen LogP contribution in [0.4, 0.5) is 0 Å². The van der Waals surface area contributed by atoms with Gasteiger partial charge in [0.2, 0.25) is 0 Å². The van der Waals surface area contributed by atoms with Gasteiger partial charge >= 0.3 is 0 Å². The molecule has 2 rings (SSSR count). The highest BCUT2D eigenvalue weighted by molar-refractivity contribution is 7.90. The second-order valence-electron chi connectivity index (χ2n) is 3.76. The van der Waals surface area contributed by atoms with Crippen molar-refractivity contribution in [2.75, 3.05) is 6.26 Å². The Bertz CT molecular complexity index is 668. The van der Waals surface area contributed by atoms with Gasteiger partial charge in [-0.25, -0.2) is 8.42 Å². The molecule has 0 amide bonds. The molecule has 16 heavy (non-hydrogen) atoms. The highest BCUT2D eigenvalue weighted by atomic mass is 32.2. The topological polar surface area (TPSA) is 67.0 Å². The van der Waals surface area contributed by atoms with Crippen molar-refractivity contribution in [3.05, 3.63) is 30.0 Å². The lowest BCUT2D eigenvalue weighted by Crippen LogP contribution is -1.96. The first-order valence-corrected chi connectivity index (χ1v) is 6.61. The summed E-state index contributed by atoms with van der Waals surface area (Å²) in [5.74, 6) is -0.0721. The summed E-state index contributed by atoms with van der Waals surface area (Å²) in [6, 6.07) is 6.48. The molecule has 0 aliphatic rings. The van der Waals surface area contributed by atoms with E-state index in [9.17, 15) is 13.2 Å². The molecule has 1 heterocycles. The molecule has 0 radical (unpaired) electrons. The number of nitrogens with one attached hydrogen (secondary N) is 1. The van der Waals surface area contributed by atoms with Crippen molar-refractivity contribution in [1.29, 1.82) is 0 Å². The molecule has 0 atom stereocenters. The summed E-state index contributed by atoms with van der Waals surface area (Å²) in [6.45, 7) is 1.46. The third-order valence-corrected chi connectivity index (χ3v) is 3.51. The highest BCUT2D eigenvalue weighted by Crippen LogP contribution is 2.20. The fourth-order valence-electron chi connectivity index (χ4n) is 1.53. The quantitative estimate of drug-likeness (QED) is 0.809. The number of ketones is 1. The van der Waals surface area contributed by atoms with Crippen LogP contribution >= 0.6 is 0 Å². The largest absolute Gasteiger partial charge is 0.352 e. The molecule has 0 unspecified atom stereocenters. The summed E-state index contributed by atoms with van der Waals surface area (Å²) in [5.41, 5.74) is 1.15. The van der Waals surface area contributed by atoms with Crippen molar-refractivity contribution in [2.24, 2.45) is 0 Å². The Morgan fingerprint density at radius 3 is 2.50 bits per heavy atom. The Labute approximate surface area is 93.2 Å². The van der Waals surface area contributed by atoms with Gasteiger partial charge in [0.15, 0.2) is 15.6 Å². The monoisotopic (exact) mass is 237 g/mol. The molecule has 2 aromatic rings. The molecule has 4 nitrogen and oxygen atoms in total. The zero-order valence-electron chi connectivity index (χ0n) is 8.94. The summed E-state index contributed by atoms with van der Waals surface area (Å²) in [6.07, 6.45) is 1.16. The number of hydrogen-bond acceptors (Lipinski definition) is 3. The third kappa shape index (κ3) is 1.86. The van der Waals surface area contributed by atoms with E-state index in [-0.39, 0.29) is 10.7 Å². The van der Waals surface area contributed by atoms with E-state index < -0.39 is 9.84 Å². The van der Waals surface area contributed by atoms with Crippen LogP contribution in [0.3, 0.4) is 0 Å². The van der Waals surface area contributed by atoms with Crippen LogP contribution < -0.4 is 0 Å². The number of carbonyl (C=O) groups is 1. The number of aromatic nitrogens is 1. The molecular formula is C11H11NO3S. The van der Waals surface area contributed by atoms with E-state index in [1.165, 1.54) is 19.1 Å². The lowest BCUT2D eigenvalue weighted by molar-refractivity contribution is 0.101. The standard InChI is InChI=1S/C11H11NO3S/c1-7(13)10-5-8-3-4-9(16(2,14)15)6-11(8)12-10/h3-6,12H,1-2H3. The van der Waals surface area contributed by atoms with Crippen molar-refractivity contribution in [3.8, 4) is 0 Å². The molecule has 5 heteroatoms.